The van der Waals surface area contributed by atoms with Crippen LogP contribution in [0.25, 0.3) is 0 Å². The number of thioether (sulfide) groups is 1. The van der Waals surface area contributed by atoms with Crippen LogP contribution in [0.3, 0.4) is 0 Å². The van der Waals surface area contributed by atoms with E-state index in [1.54, 1.807) is 36.0 Å². The van der Waals surface area contributed by atoms with Gasteiger partial charge in [0.2, 0.25) is 0 Å². The molecule has 0 saturated heterocycles. The molecule has 0 unspecified atom stereocenters. The summed E-state index contributed by atoms with van der Waals surface area (Å²) in [6.45, 7) is 2.33. The summed E-state index contributed by atoms with van der Waals surface area (Å²) in [5, 5.41) is 3.29. The highest BCUT2D eigenvalue weighted by Crippen LogP contribution is 2.13. The third-order valence-corrected chi connectivity index (χ3v) is 4.79. The zero-order valence-corrected chi connectivity index (χ0v) is 17.5. The third kappa shape index (κ3) is 7.44. The number of esters is 1. The van der Waals surface area contributed by atoms with Crippen molar-refractivity contribution in [1.82, 2.24) is 5.32 Å². The second kappa shape index (κ2) is 11.6. The number of carbonyl (C=O) groups excluding carboxylic acids is 2. The molecule has 0 aliphatic rings. The zero-order valence-electron chi connectivity index (χ0n) is 15.9. The largest absolute Gasteiger partial charge is 0.490 e. The lowest BCUT2D eigenvalue weighted by atomic mass is 10.1. The molecule has 0 bridgehead atoms. The van der Waals surface area contributed by atoms with Crippen molar-refractivity contribution in [2.45, 2.75) is 19.4 Å². The summed E-state index contributed by atoms with van der Waals surface area (Å²) >= 11 is 7.44. The number of nitrogens with one attached hydrogen (secondary N) is 1. The van der Waals surface area contributed by atoms with E-state index in [2.05, 4.69) is 5.32 Å². The number of carbonyl (C=O) groups is 2. The molecule has 5 nitrogen and oxygen atoms in total. The first-order valence-corrected chi connectivity index (χ1v) is 10.7. The van der Waals surface area contributed by atoms with Gasteiger partial charge in [-0.15, -0.1) is 0 Å². The monoisotopic (exact) mass is 421 g/mol. The first-order valence-electron chi connectivity index (χ1n) is 8.91. The summed E-state index contributed by atoms with van der Waals surface area (Å²) in [7, 11) is 0. The van der Waals surface area contributed by atoms with Crippen molar-refractivity contribution in [2.75, 3.05) is 25.2 Å². The minimum Gasteiger partial charge on any atom is -0.490 e. The van der Waals surface area contributed by atoms with Crippen molar-refractivity contribution in [3.8, 4) is 5.75 Å². The predicted octanol–water partition coefficient (Wildman–Crippen LogP) is 4.12. The zero-order chi connectivity index (χ0) is 20.4. The number of ether oxygens (including phenoxy) is 2. The van der Waals surface area contributed by atoms with Crippen LogP contribution >= 0.6 is 23.4 Å². The van der Waals surface area contributed by atoms with Gasteiger partial charge in [0.05, 0.1) is 0 Å². The summed E-state index contributed by atoms with van der Waals surface area (Å²) < 4.78 is 10.9. The fourth-order valence-corrected chi connectivity index (χ4v) is 3.03. The highest BCUT2D eigenvalue weighted by atomic mass is 35.5. The van der Waals surface area contributed by atoms with Gasteiger partial charge in [-0.1, -0.05) is 23.7 Å². The van der Waals surface area contributed by atoms with Gasteiger partial charge in [-0.2, -0.15) is 11.8 Å². The molecule has 0 spiro atoms. The molecule has 1 amide bonds. The number of aryl methyl sites for hydroxylation is 1. The van der Waals surface area contributed by atoms with Gasteiger partial charge in [-0.25, -0.2) is 4.79 Å². The molecule has 1 atom stereocenters. The minimum absolute atomic E-state index is 0.110. The van der Waals surface area contributed by atoms with Gasteiger partial charge in [-0.05, 0) is 67.3 Å². The van der Waals surface area contributed by atoms with Gasteiger partial charge in [0, 0.05) is 10.6 Å². The summed E-state index contributed by atoms with van der Waals surface area (Å²) in [5.41, 5.74) is 1.53. The van der Waals surface area contributed by atoms with Gasteiger partial charge in [0.25, 0.3) is 5.91 Å². The lowest BCUT2D eigenvalue weighted by Crippen LogP contribution is -2.42. The van der Waals surface area contributed by atoms with Gasteiger partial charge >= 0.3 is 5.97 Å². The van der Waals surface area contributed by atoms with Gasteiger partial charge in [0.1, 0.15) is 25.0 Å². The Kier molecular flexibility index (Phi) is 9.17. The second-order valence-electron chi connectivity index (χ2n) is 6.15. The molecule has 7 heteroatoms. The molecule has 2 aromatic rings. The fraction of sp³-hybridized carbons (Fsp3) is 0.333. The molecule has 0 aliphatic heterocycles. The van der Waals surface area contributed by atoms with Crippen molar-refractivity contribution >= 4 is 35.2 Å². The smallest absolute Gasteiger partial charge is 0.328 e. The van der Waals surface area contributed by atoms with E-state index in [1.807, 2.05) is 37.4 Å². The van der Waals surface area contributed by atoms with Crippen LogP contribution in [0, 0.1) is 6.92 Å². The quantitative estimate of drug-likeness (QED) is 0.461. The van der Waals surface area contributed by atoms with Crippen LogP contribution in [0.2, 0.25) is 5.02 Å². The Morgan fingerprint density at radius 1 is 1.14 bits per heavy atom. The summed E-state index contributed by atoms with van der Waals surface area (Å²) in [6, 6.07) is 13.4. The molecule has 0 heterocycles. The van der Waals surface area contributed by atoms with Crippen LogP contribution in [0.5, 0.6) is 5.75 Å². The van der Waals surface area contributed by atoms with Crippen LogP contribution in [-0.4, -0.2) is 43.1 Å². The van der Waals surface area contributed by atoms with E-state index in [1.165, 1.54) is 0 Å². The van der Waals surface area contributed by atoms with Crippen molar-refractivity contribution in [3.63, 3.8) is 0 Å². The molecule has 2 rings (SSSR count). The van der Waals surface area contributed by atoms with E-state index in [4.69, 9.17) is 21.1 Å². The summed E-state index contributed by atoms with van der Waals surface area (Å²) in [5.74, 6) is 0.645. The Morgan fingerprint density at radius 3 is 2.57 bits per heavy atom. The van der Waals surface area contributed by atoms with Crippen LogP contribution in [0.4, 0.5) is 0 Å². The van der Waals surface area contributed by atoms with Crippen molar-refractivity contribution in [3.05, 3.63) is 64.7 Å². The van der Waals surface area contributed by atoms with Crippen LogP contribution < -0.4 is 10.1 Å². The second-order valence-corrected chi connectivity index (χ2v) is 7.57. The molecular formula is C21H24ClNO4S. The highest BCUT2D eigenvalue weighted by molar-refractivity contribution is 7.98. The average Bonchev–Trinajstić information content (AvgIpc) is 2.68. The Labute approximate surface area is 174 Å². The third-order valence-electron chi connectivity index (χ3n) is 3.89. The topological polar surface area (TPSA) is 64.6 Å². The maximum absolute atomic E-state index is 12.4. The maximum atomic E-state index is 12.4. The van der Waals surface area contributed by atoms with E-state index >= 15 is 0 Å². The molecule has 0 fully saturated rings. The number of hydrogen-bond acceptors (Lipinski definition) is 5. The Hall–Kier alpha value is -2.18. The SMILES string of the molecule is CSCC[C@H](NC(=O)c1ccc(Cl)cc1)C(=O)OCCOc1cccc(C)c1. The molecule has 0 aliphatic carbocycles. The van der Waals surface area contributed by atoms with Gasteiger partial charge in [-0.3, -0.25) is 4.79 Å². The summed E-state index contributed by atoms with van der Waals surface area (Å²) in [6.07, 6.45) is 2.43. The Bertz CT molecular complexity index is 782. The first kappa shape index (κ1) is 22.1. The number of benzene rings is 2. The molecule has 2 aromatic carbocycles. The minimum atomic E-state index is -0.713. The molecule has 0 radical (unpaired) electrons. The van der Waals surface area contributed by atoms with E-state index in [0.717, 1.165) is 17.1 Å². The normalized spacial score (nSPS) is 11.5. The maximum Gasteiger partial charge on any atom is 0.328 e. The summed E-state index contributed by atoms with van der Waals surface area (Å²) in [4.78, 5) is 24.8. The van der Waals surface area contributed by atoms with Crippen LogP contribution in [0.15, 0.2) is 48.5 Å². The number of hydrogen-bond donors (Lipinski definition) is 1. The van der Waals surface area contributed by atoms with E-state index in [-0.39, 0.29) is 19.1 Å². The first-order chi connectivity index (χ1) is 13.5. The van der Waals surface area contributed by atoms with E-state index < -0.39 is 12.0 Å². The van der Waals surface area contributed by atoms with Gasteiger partial charge in [0.15, 0.2) is 0 Å². The van der Waals surface area contributed by atoms with Gasteiger partial charge < -0.3 is 14.8 Å². The highest BCUT2D eigenvalue weighted by Gasteiger charge is 2.22. The van der Waals surface area contributed by atoms with Crippen LogP contribution in [0.1, 0.15) is 22.3 Å². The lowest BCUT2D eigenvalue weighted by molar-refractivity contribution is -0.146. The molecule has 150 valence electrons. The Balaban J connectivity index is 1.85. The average molecular weight is 422 g/mol. The molecule has 28 heavy (non-hydrogen) atoms. The standard InChI is InChI=1S/C21H24ClNO4S/c1-15-4-3-5-18(14-15)26-11-12-27-21(25)19(10-13-28-2)23-20(24)16-6-8-17(22)9-7-16/h3-9,14,19H,10-13H2,1-2H3,(H,23,24)/t19-/m0/s1. The number of amides is 1. The number of halogens is 1. The van der Waals surface area contributed by atoms with Crippen LogP contribution in [-0.2, 0) is 9.53 Å². The molecule has 1 N–H and O–H groups in total. The van der Waals surface area contributed by atoms with E-state index in [9.17, 15) is 9.59 Å². The van der Waals surface area contributed by atoms with Crippen molar-refractivity contribution in [1.29, 1.82) is 0 Å². The molecule has 0 aromatic heterocycles. The van der Waals surface area contributed by atoms with E-state index in [0.29, 0.717) is 17.0 Å². The number of rotatable bonds is 10. The lowest BCUT2D eigenvalue weighted by Gasteiger charge is -2.17. The molecule has 0 saturated carbocycles. The Morgan fingerprint density at radius 2 is 1.89 bits per heavy atom. The molecular weight excluding hydrogens is 398 g/mol. The fourth-order valence-electron chi connectivity index (χ4n) is 2.43. The van der Waals surface area contributed by atoms with Crippen molar-refractivity contribution in [2.24, 2.45) is 0 Å². The predicted molar refractivity (Wildman–Crippen MR) is 113 cm³/mol. The van der Waals surface area contributed by atoms with Crippen molar-refractivity contribution < 1.29 is 19.1 Å².